The van der Waals surface area contributed by atoms with Crippen molar-refractivity contribution in [3.63, 3.8) is 0 Å². The van der Waals surface area contributed by atoms with E-state index in [0.717, 1.165) is 0 Å². The minimum atomic E-state index is -1.47. The molecule has 2 N–H and O–H groups in total. The molecule has 0 heterocycles. The maximum absolute atomic E-state index is 8.89. The minimum Gasteiger partial charge on any atom is -0.468 e. The summed E-state index contributed by atoms with van der Waals surface area (Å²) in [6.07, 6.45) is 0. The lowest BCUT2D eigenvalue weighted by atomic mass is 9.80. The molecule has 1 aromatic carbocycles. The molecule has 0 saturated carbocycles. The molecule has 0 aliphatic heterocycles. The van der Waals surface area contributed by atoms with Gasteiger partial charge in [0.05, 0.1) is 0 Å². The molecule has 0 saturated heterocycles. The van der Waals surface area contributed by atoms with Crippen LogP contribution in [0.25, 0.3) is 0 Å². The van der Waals surface area contributed by atoms with Crippen LogP contribution < -0.4 is 10.2 Å². The van der Waals surface area contributed by atoms with E-state index in [2.05, 4.69) is 0 Å². The number of rotatable bonds is 5. The van der Waals surface area contributed by atoms with Crippen molar-refractivity contribution < 1.29 is 19.5 Å². The molecule has 0 radical (unpaired) electrons. The second-order valence-corrected chi connectivity index (χ2v) is 2.70. The second kappa shape index (κ2) is 5.64. The third-order valence-electron chi connectivity index (χ3n) is 1.67. The first-order valence-corrected chi connectivity index (χ1v) is 4.40. The summed E-state index contributed by atoms with van der Waals surface area (Å²) in [4.78, 5) is 0. The molecule has 0 unspecified atom stereocenters. The van der Waals surface area contributed by atoms with Gasteiger partial charge in [-0.3, -0.25) is 0 Å². The topological polar surface area (TPSA) is 58.9 Å². The summed E-state index contributed by atoms with van der Waals surface area (Å²) in [5, 5.41) is 17.8. The third-order valence-corrected chi connectivity index (χ3v) is 1.67. The van der Waals surface area contributed by atoms with Crippen molar-refractivity contribution in [3.8, 4) is 5.75 Å². The SMILES string of the molecule is CCOCOc1cccc(B(O)O)c1. The molecule has 76 valence electrons. The van der Waals surface area contributed by atoms with Crippen LogP contribution in [0.15, 0.2) is 24.3 Å². The van der Waals surface area contributed by atoms with Gasteiger partial charge < -0.3 is 19.5 Å². The van der Waals surface area contributed by atoms with E-state index in [-0.39, 0.29) is 6.79 Å². The first kappa shape index (κ1) is 11.0. The van der Waals surface area contributed by atoms with Gasteiger partial charge in [-0.1, -0.05) is 12.1 Å². The predicted octanol–water partition coefficient (Wildman–Crippen LogP) is -0.261. The number of hydrogen-bond acceptors (Lipinski definition) is 4. The lowest BCUT2D eigenvalue weighted by Crippen LogP contribution is -2.29. The van der Waals surface area contributed by atoms with Gasteiger partial charge in [-0.05, 0) is 24.5 Å². The third kappa shape index (κ3) is 3.37. The van der Waals surface area contributed by atoms with Gasteiger partial charge in [0.1, 0.15) is 5.75 Å². The zero-order valence-corrected chi connectivity index (χ0v) is 8.01. The molecule has 1 rings (SSSR count). The van der Waals surface area contributed by atoms with Gasteiger partial charge in [0.25, 0.3) is 0 Å². The van der Waals surface area contributed by atoms with Crippen LogP contribution in [0.5, 0.6) is 5.75 Å². The maximum Gasteiger partial charge on any atom is 0.488 e. The van der Waals surface area contributed by atoms with Gasteiger partial charge in [-0.15, -0.1) is 0 Å². The molecule has 0 amide bonds. The van der Waals surface area contributed by atoms with Gasteiger partial charge in [-0.2, -0.15) is 0 Å². The van der Waals surface area contributed by atoms with Crippen molar-refractivity contribution in [2.75, 3.05) is 13.4 Å². The highest BCUT2D eigenvalue weighted by atomic mass is 16.7. The Hall–Kier alpha value is -1.04. The molecular formula is C9H13BO4. The Kier molecular flexibility index (Phi) is 4.45. The lowest BCUT2D eigenvalue weighted by molar-refractivity contribution is 0.0224. The molecule has 0 aliphatic rings. The highest BCUT2D eigenvalue weighted by molar-refractivity contribution is 6.58. The van der Waals surface area contributed by atoms with E-state index >= 15 is 0 Å². The fourth-order valence-corrected chi connectivity index (χ4v) is 0.958. The Bertz CT molecular complexity index is 277. The molecule has 0 spiro atoms. The van der Waals surface area contributed by atoms with Gasteiger partial charge in [0, 0.05) is 6.61 Å². The van der Waals surface area contributed by atoms with Crippen LogP contribution in [-0.4, -0.2) is 30.6 Å². The fourth-order valence-electron chi connectivity index (χ4n) is 0.958. The average Bonchev–Trinajstić information content (AvgIpc) is 2.19. The molecule has 0 aromatic heterocycles. The van der Waals surface area contributed by atoms with Crippen molar-refractivity contribution >= 4 is 12.6 Å². The Morgan fingerprint density at radius 2 is 2.14 bits per heavy atom. The Morgan fingerprint density at radius 1 is 1.36 bits per heavy atom. The van der Waals surface area contributed by atoms with E-state index in [1.54, 1.807) is 24.3 Å². The van der Waals surface area contributed by atoms with Crippen LogP contribution in [0.1, 0.15) is 6.92 Å². The molecule has 4 nitrogen and oxygen atoms in total. The number of benzene rings is 1. The normalized spacial score (nSPS) is 9.93. The largest absolute Gasteiger partial charge is 0.488 e. The van der Waals surface area contributed by atoms with E-state index in [1.165, 1.54) is 0 Å². The van der Waals surface area contributed by atoms with E-state index in [9.17, 15) is 0 Å². The van der Waals surface area contributed by atoms with E-state index in [1.807, 2.05) is 6.92 Å². The second-order valence-electron chi connectivity index (χ2n) is 2.70. The minimum absolute atomic E-state index is 0.168. The summed E-state index contributed by atoms with van der Waals surface area (Å²) in [5.41, 5.74) is 0.402. The quantitative estimate of drug-likeness (QED) is 0.387. The van der Waals surface area contributed by atoms with Crippen molar-refractivity contribution in [2.24, 2.45) is 0 Å². The first-order valence-electron chi connectivity index (χ1n) is 4.40. The molecular weight excluding hydrogens is 183 g/mol. The predicted molar refractivity (Wildman–Crippen MR) is 53.4 cm³/mol. The zero-order valence-electron chi connectivity index (χ0n) is 8.01. The Balaban J connectivity index is 2.55. The lowest BCUT2D eigenvalue weighted by Gasteiger charge is -2.07. The van der Waals surface area contributed by atoms with Crippen LogP contribution in [-0.2, 0) is 4.74 Å². The fraction of sp³-hybridized carbons (Fsp3) is 0.333. The van der Waals surface area contributed by atoms with Crippen molar-refractivity contribution in [3.05, 3.63) is 24.3 Å². The van der Waals surface area contributed by atoms with E-state index < -0.39 is 7.12 Å². The van der Waals surface area contributed by atoms with Crippen LogP contribution in [0.3, 0.4) is 0 Å². The van der Waals surface area contributed by atoms with Crippen LogP contribution >= 0.6 is 0 Å². The summed E-state index contributed by atoms with van der Waals surface area (Å²) in [5.74, 6) is 0.559. The van der Waals surface area contributed by atoms with Crippen LogP contribution in [0, 0.1) is 0 Å². The number of hydrogen-bond donors (Lipinski definition) is 2. The van der Waals surface area contributed by atoms with Crippen LogP contribution in [0.2, 0.25) is 0 Å². The van der Waals surface area contributed by atoms with Crippen molar-refractivity contribution in [2.45, 2.75) is 6.92 Å². The standard InChI is InChI=1S/C9H13BO4/c1-2-13-7-14-9-5-3-4-8(6-9)10(11)12/h3-6,11-12H,2,7H2,1H3. The zero-order chi connectivity index (χ0) is 10.4. The number of ether oxygens (including phenoxy) is 2. The highest BCUT2D eigenvalue weighted by Gasteiger charge is 2.10. The summed E-state index contributed by atoms with van der Waals surface area (Å²) < 4.78 is 10.2. The van der Waals surface area contributed by atoms with Crippen LogP contribution in [0.4, 0.5) is 0 Å². The summed E-state index contributed by atoms with van der Waals surface area (Å²) in [6.45, 7) is 2.63. The summed E-state index contributed by atoms with van der Waals surface area (Å²) in [7, 11) is -1.47. The average molecular weight is 196 g/mol. The molecule has 5 heteroatoms. The van der Waals surface area contributed by atoms with E-state index in [4.69, 9.17) is 19.5 Å². The molecule has 0 bridgehead atoms. The van der Waals surface area contributed by atoms with E-state index in [0.29, 0.717) is 17.8 Å². The van der Waals surface area contributed by atoms with Crippen molar-refractivity contribution in [1.82, 2.24) is 0 Å². The molecule has 14 heavy (non-hydrogen) atoms. The van der Waals surface area contributed by atoms with Gasteiger partial charge in [0.2, 0.25) is 0 Å². The van der Waals surface area contributed by atoms with Gasteiger partial charge in [0.15, 0.2) is 6.79 Å². The first-order chi connectivity index (χ1) is 6.74. The maximum atomic E-state index is 8.89. The smallest absolute Gasteiger partial charge is 0.468 e. The molecule has 1 aromatic rings. The van der Waals surface area contributed by atoms with Gasteiger partial charge >= 0.3 is 7.12 Å². The molecule has 0 atom stereocenters. The van der Waals surface area contributed by atoms with Crippen molar-refractivity contribution in [1.29, 1.82) is 0 Å². The summed E-state index contributed by atoms with van der Waals surface area (Å²) >= 11 is 0. The Labute approximate surface area is 83.2 Å². The highest BCUT2D eigenvalue weighted by Crippen LogP contribution is 2.07. The Morgan fingerprint density at radius 3 is 2.79 bits per heavy atom. The van der Waals surface area contributed by atoms with Gasteiger partial charge in [-0.25, -0.2) is 0 Å². The monoisotopic (exact) mass is 196 g/mol. The summed E-state index contributed by atoms with van der Waals surface area (Å²) in [6, 6.07) is 6.59. The molecule has 0 aliphatic carbocycles. The molecule has 0 fully saturated rings.